The summed E-state index contributed by atoms with van der Waals surface area (Å²) >= 11 is 0. The highest BCUT2D eigenvalue weighted by Gasteiger charge is 2.27. The van der Waals surface area contributed by atoms with Crippen molar-refractivity contribution in [3.05, 3.63) is 29.6 Å². The lowest BCUT2D eigenvalue weighted by Crippen LogP contribution is -2.50. The number of rotatable bonds is 3. The molecule has 0 radical (unpaired) electrons. The molecule has 0 unspecified atom stereocenters. The molecule has 106 valence electrons. The molecule has 0 aliphatic carbocycles. The van der Waals surface area contributed by atoms with Crippen molar-refractivity contribution in [3.63, 3.8) is 0 Å². The van der Waals surface area contributed by atoms with Gasteiger partial charge in [-0.3, -0.25) is 0 Å². The van der Waals surface area contributed by atoms with Crippen molar-refractivity contribution in [2.45, 2.75) is 31.2 Å². The Kier molecular flexibility index (Phi) is 4.23. The van der Waals surface area contributed by atoms with Gasteiger partial charge in [-0.05, 0) is 43.5 Å². The molecular formula is C13H19FN2O2S. The number of hydrogen-bond acceptors (Lipinski definition) is 3. The van der Waals surface area contributed by atoms with Gasteiger partial charge in [-0.1, -0.05) is 13.0 Å². The van der Waals surface area contributed by atoms with Crippen LogP contribution in [0.3, 0.4) is 0 Å². The van der Waals surface area contributed by atoms with Crippen molar-refractivity contribution >= 4 is 10.0 Å². The Hall–Kier alpha value is -0.980. The number of benzene rings is 1. The van der Waals surface area contributed by atoms with E-state index in [1.165, 1.54) is 12.1 Å². The van der Waals surface area contributed by atoms with E-state index < -0.39 is 15.8 Å². The third-order valence-corrected chi connectivity index (χ3v) is 5.21. The van der Waals surface area contributed by atoms with Gasteiger partial charge in [0.2, 0.25) is 10.0 Å². The lowest BCUT2D eigenvalue weighted by Gasteiger charge is -2.30. The highest BCUT2D eigenvalue weighted by atomic mass is 32.2. The van der Waals surface area contributed by atoms with Crippen molar-refractivity contribution in [1.82, 2.24) is 10.0 Å². The predicted octanol–water partition coefficient (Wildman–Crippen LogP) is 1.41. The van der Waals surface area contributed by atoms with E-state index in [9.17, 15) is 12.8 Å². The Morgan fingerprint density at radius 1 is 1.42 bits per heavy atom. The minimum absolute atomic E-state index is 0.0188. The first kappa shape index (κ1) is 14.4. The molecule has 4 nitrogen and oxygen atoms in total. The van der Waals surface area contributed by atoms with Crippen LogP contribution in [0.5, 0.6) is 0 Å². The second kappa shape index (κ2) is 5.56. The largest absolute Gasteiger partial charge is 0.315 e. The number of halogens is 1. The van der Waals surface area contributed by atoms with E-state index in [-0.39, 0.29) is 16.9 Å². The summed E-state index contributed by atoms with van der Waals surface area (Å²) in [7, 11) is -3.68. The number of aryl methyl sites for hydroxylation is 1. The molecule has 2 rings (SSSR count). The molecule has 0 aromatic heterocycles. The fourth-order valence-electron chi connectivity index (χ4n) is 2.27. The topological polar surface area (TPSA) is 58.2 Å². The fourth-order valence-corrected chi connectivity index (χ4v) is 3.87. The van der Waals surface area contributed by atoms with E-state index in [2.05, 4.69) is 10.0 Å². The summed E-state index contributed by atoms with van der Waals surface area (Å²) in [4.78, 5) is 0.0188. The molecule has 1 fully saturated rings. The van der Waals surface area contributed by atoms with E-state index in [0.717, 1.165) is 19.0 Å². The van der Waals surface area contributed by atoms with Gasteiger partial charge < -0.3 is 5.32 Å². The molecule has 2 N–H and O–H groups in total. The first-order chi connectivity index (χ1) is 8.90. The maximum absolute atomic E-state index is 13.2. The number of piperidine rings is 1. The molecule has 1 aliphatic rings. The van der Waals surface area contributed by atoms with Crippen LogP contribution in [0.1, 0.15) is 18.9 Å². The van der Waals surface area contributed by atoms with E-state index in [1.807, 2.05) is 6.92 Å². The highest BCUT2D eigenvalue weighted by Crippen LogP contribution is 2.19. The van der Waals surface area contributed by atoms with Crippen molar-refractivity contribution in [2.75, 3.05) is 13.1 Å². The summed E-state index contributed by atoms with van der Waals surface area (Å²) in [6, 6.07) is 3.66. The lowest BCUT2D eigenvalue weighted by molar-refractivity contribution is 0.327. The summed E-state index contributed by atoms with van der Waals surface area (Å²) in [5.74, 6) is -0.273. The summed E-state index contributed by atoms with van der Waals surface area (Å²) in [6.45, 7) is 5.19. The minimum Gasteiger partial charge on any atom is -0.315 e. The van der Waals surface area contributed by atoms with E-state index in [0.29, 0.717) is 12.1 Å². The molecule has 1 aromatic carbocycles. The van der Waals surface area contributed by atoms with Crippen LogP contribution in [-0.2, 0) is 10.0 Å². The van der Waals surface area contributed by atoms with Gasteiger partial charge >= 0.3 is 0 Å². The zero-order valence-electron chi connectivity index (χ0n) is 11.1. The van der Waals surface area contributed by atoms with Gasteiger partial charge in [-0.15, -0.1) is 0 Å². The summed E-state index contributed by atoms with van der Waals surface area (Å²) in [5.41, 5.74) is 0.547. The van der Waals surface area contributed by atoms with Gasteiger partial charge in [-0.2, -0.15) is 0 Å². The van der Waals surface area contributed by atoms with Gasteiger partial charge in [-0.25, -0.2) is 17.5 Å². The normalized spacial score (nSPS) is 24.4. The first-order valence-electron chi connectivity index (χ1n) is 6.39. The quantitative estimate of drug-likeness (QED) is 0.883. The van der Waals surface area contributed by atoms with Crippen molar-refractivity contribution in [3.8, 4) is 0 Å². The monoisotopic (exact) mass is 286 g/mol. The second-order valence-corrected chi connectivity index (χ2v) is 6.79. The zero-order chi connectivity index (χ0) is 14.0. The summed E-state index contributed by atoms with van der Waals surface area (Å²) in [5, 5.41) is 3.16. The van der Waals surface area contributed by atoms with Gasteiger partial charge in [0.1, 0.15) is 5.82 Å². The second-order valence-electron chi connectivity index (χ2n) is 5.11. The van der Waals surface area contributed by atoms with Crippen LogP contribution in [0, 0.1) is 18.7 Å². The Balaban J connectivity index is 2.24. The Labute approximate surface area is 113 Å². The average molecular weight is 286 g/mol. The standard InChI is InChI=1S/C13H19FN2O2S/c1-9-5-6-15-8-12(9)16-19(17,18)13-7-11(14)4-3-10(13)2/h3-4,7,9,12,15-16H,5-6,8H2,1-2H3/t9-,12-/m1/s1. The van der Waals surface area contributed by atoms with Gasteiger partial charge in [0.25, 0.3) is 0 Å². The van der Waals surface area contributed by atoms with E-state index in [1.54, 1.807) is 6.92 Å². The van der Waals surface area contributed by atoms with Crippen LogP contribution >= 0.6 is 0 Å². The Morgan fingerprint density at radius 3 is 2.84 bits per heavy atom. The molecule has 6 heteroatoms. The van der Waals surface area contributed by atoms with Crippen molar-refractivity contribution < 1.29 is 12.8 Å². The van der Waals surface area contributed by atoms with Crippen LogP contribution in [0.25, 0.3) is 0 Å². The van der Waals surface area contributed by atoms with Crippen LogP contribution in [0.2, 0.25) is 0 Å². The molecule has 19 heavy (non-hydrogen) atoms. The lowest BCUT2D eigenvalue weighted by atomic mass is 9.96. The number of hydrogen-bond donors (Lipinski definition) is 2. The third kappa shape index (κ3) is 3.32. The molecule has 1 aromatic rings. The molecule has 0 bridgehead atoms. The molecular weight excluding hydrogens is 267 g/mol. The number of sulfonamides is 1. The fraction of sp³-hybridized carbons (Fsp3) is 0.538. The summed E-state index contributed by atoms with van der Waals surface area (Å²) in [6.07, 6.45) is 0.926. The number of nitrogens with one attached hydrogen (secondary N) is 2. The third-order valence-electron chi connectivity index (χ3n) is 3.57. The molecule has 1 heterocycles. The molecule has 1 saturated heterocycles. The highest BCUT2D eigenvalue weighted by molar-refractivity contribution is 7.89. The zero-order valence-corrected chi connectivity index (χ0v) is 11.9. The molecule has 0 amide bonds. The summed E-state index contributed by atoms with van der Waals surface area (Å²) < 4.78 is 40.5. The maximum atomic E-state index is 13.2. The SMILES string of the molecule is Cc1ccc(F)cc1S(=O)(=O)N[C@@H]1CNCC[C@H]1C. The maximum Gasteiger partial charge on any atom is 0.241 e. The minimum atomic E-state index is -3.68. The van der Waals surface area contributed by atoms with E-state index >= 15 is 0 Å². The van der Waals surface area contributed by atoms with Crippen LogP contribution < -0.4 is 10.0 Å². The average Bonchev–Trinajstić information content (AvgIpc) is 2.35. The van der Waals surface area contributed by atoms with Gasteiger partial charge in [0.05, 0.1) is 4.90 Å². The predicted molar refractivity (Wildman–Crippen MR) is 71.9 cm³/mol. The molecule has 0 saturated carbocycles. The van der Waals surface area contributed by atoms with Crippen molar-refractivity contribution in [1.29, 1.82) is 0 Å². The van der Waals surface area contributed by atoms with Crippen LogP contribution in [0.4, 0.5) is 4.39 Å². The Morgan fingerprint density at radius 2 is 2.16 bits per heavy atom. The van der Waals surface area contributed by atoms with Gasteiger partial charge in [0.15, 0.2) is 0 Å². The molecule has 0 spiro atoms. The first-order valence-corrected chi connectivity index (χ1v) is 7.87. The molecule has 1 aliphatic heterocycles. The van der Waals surface area contributed by atoms with Gasteiger partial charge in [0, 0.05) is 12.6 Å². The van der Waals surface area contributed by atoms with Crippen LogP contribution in [-0.4, -0.2) is 27.5 Å². The van der Waals surface area contributed by atoms with E-state index in [4.69, 9.17) is 0 Å². The Bertz CT molecular complexity index is 560. The molecule has 2 atom stereocenters. The smallest absolute Gasteiger partial charge is 0.241 e. The van der Waals surface area contributed by atoms with Crippen LogP contribution in [0.15, 0.2) is 23.1 Å². The van der Waals surface area contributed by atoms with Crippen molar-refractivity contribution in [2.24, 2.45) is 5.92 Å².